The van der Waals surface area contributed by atoms with Gasteiger partial charge in [-0.2, -0.15) is 0 Å². The predicted octanol–water partition coefficient (Wildman–Crippen LogP) is 2.61. The van der Waals surface area contributed by atoms with Crippen molar-refractivity contribution in [1.82, 2.24) is 4.72 Å². The van der Waals surface area contributed by atoms with E-state index < -0.39 is 20.9 Å². The van der Waals surface area contributed by atoms with Gasteiger partial charge in [0.1, 0.15) is 0 Å². The summed E-state index contributed by atoms with van der Waals surface area (Å²) in [6.45, 7) is 2.48. The van der Waals surface area contributed by atoms with Crippen LogP contribution in [0.3, 0.4) is 0 Å². The smallest absolute Gasteiger partial charge is 0.270 e. The van der Waals surface area contributed by atoms with Crippen molar-refractivity contribution in [2.24, 2.45) is 0 Å². The molecule has 2 N–H and O–H groups in total. The molecule has 2 aromatic rings. The number of anilines is 1. The summed E-state index contributed by atoms with van der Waals surface area (Å²) >= 11 is 0. The summed E-state index contributed by atoms with van der Waals surface area (Å²) in [5, 5.41) is 13.5. The van der Waals surface area contributed by atoms with Crippen LogP contribution >= 0.6 is 0 Å². The van der Waals surface area contributed by atoms with E-state index in [0.29, 0.717) is 12.2 Å². The number of nitrogens with zero attached hydrogens (tertiary/aromatic N) is 1. The van der Waals surface area contributed by atoms with Crippen LogP contribution in [0, 0.1) is 17.0 Å². The third kappa shape index (κ3) is 5.17. The number of rotatable bonds is 7. The Balaban J connectivity index is 1.76. The second-order valence-electron chi connectivity index (χ2n) is 6.73. The van der Waals surface area contributed by atoms with E-state index in [0.717, 1.165) is 18.9 Å². The number of nitrogens with one attached hydrogen (secondary N) is 2. The monoisotopic (exact) mass is 419 g/mol. The first-order valence-corrected chi connectivity index (χ1v) is 10.5. The van der Waals surface area contributed by atoms with Crippen molar-refractivity contribution in [3.8, 4) is 0 Å². The van der Waals surface area contributed by atoms with Gasteiger partial charge in [-0.15, -0.1) is 0 Å². The molecule has 2 aromatic carbocycles. The van der Waals surface area contributed by atoms with E-state index in [1.165, 1.54) is 24.3 Å². The molecule has 0 bridgehead atoms. The number of ether oxygens (including phenoxy) is 1. The van der Waals surface area contributed by atoms with Gasteiger partial charge < -0.3 is 10.1 Å². The van der Waals surface area contributed by atoms with Gasteiger partial charge in [-0.05, 0) is 43.5 Å². The minimum Gasteiger partial charge on any atom is -0.377 e. The fourth-order valence-electron chi connectivity index (χ4n) is 3.02. The van der Waals surface area contributed by atoms with Crippen molar-refractivity contribution in [2.75, 3.05) is 18.5 Å². The third-order valence-corrected chi connectivity index (χ3v) is 6.15. The highest BCUT2D eigenvalue weighted by molar-refractivity contribution is 7.89. The molecule has 1 aliphatic heterocycles. The second kappa shape index (κ2) is 8.68. The maximum Gasteiger partial charge on any atom is 0.270 e. The summed E-state index contributed by atoms with van der Waals surface area (Å²) in [5.74, 6) is -0.576. The summed E-state index contributed by atoms with van der Waals surface area (Å²) in [5.41, 5.74) is 0.687. The Hall–Kier alpha value is -2.82. The molecule has 0 aromatic heterocycles. The first-order chi connectivity index (χ1) is 13.8. The lowest BCUT2D eigenvalue weighted by molar-refractivity contribution is -0.384. The number of sulfonamides is 1. The minimum atomic E-state index is -3.79. The van der Waals surface area contributed by atoms with E-state index in [4.69, 9.17) is 4.74 Å². The van der Waals surface area contributed by atoms with Crippen LogP contribution in [0.2, 0.25) is 0 Å². The van der Waals surface area contributed by atoms with Crippen LogP contribution in [0.4, 0.5) is 11.4 Å². The van der Waals surface area contributed by atoms with Crippen LogP contribution in [0.15, 0.2) is 47.4 Å². The van der Waals surface area contributed by atoms with E-state index >= 15 is 0 Å². The predicted molar refractivity (Wildman–Crippen MR) is 106 cm³/mol. The van der Waals surface area contributed by atoms with Gasteiger partial charge >= 0.3 is 0 Å². The summed E-state index contributed by atoms with van der Waals surface area (Å²) in [6, 6.07) is 9.82. The lowest BCUT2D eigenvalue weighted by Gasteiger charge is -2.14. The molecule has 9 nitrogen and oxygen atoms in total. The van der Waals surface area contributed by atoms with Crippen LogP contribution in [0.25, 0.3) is 0 Å². The molecule has 1 unspecified atom stereocenters. The van der Waals surface area contributed by atoms with Crippen LogP contribution in [0.1, 0.15) is 28.8 Å². The van der Waals surface area contributed by atoms with Crippen molar-refractivity contribution >= 4 is 27.3 Å². The molecule has 1 fully saturated rings. The average Bonchev–Trinajstić information content (AvgIpc) is 3.21. The molecular formula is C19H21N3O6S. The molecule has 10 heteroatoms. The van der Waals surface area contributed by atoms with E-state index in [2.05, 4.69) is 10.0 Å². The maximum absolute atomic E-state index is 12.7. The Morgan fingerprint density at radius 1 is 1.28 bits per heavy atom. The quantitative estimate of drug-likeness (QED) is 0.524. The number of nitro benzene ring substituents is 1. The van der Waals surface area contributed by atoms with Gasteiger partial charge in [0.25, 0.3) is 11.6 Å². The average molecular weight is 419 g/mol. The molecule has 0 spiro atoms. The molecular weight excluding hydrogens is 398 g/mol. The zero-order valence-electron chi connectivity index (χ0n) is 15.8. The Morgan fingerprint density at radius 2 is 2.07 bits per heavy atom. The van der Waals surface area contributed by atoms with Gasteiger partial charge in [-0.25, -0.2) is 13.1 Å². The van der Waals surface area contributed by atoms with Crippen molar-refractivity contribution in [3.05, 3.63) is 63.7 Å². The molecule has 154 valence electrons. The number of hydrogen-bond acceptors (Lipinski definition) is 6. The SMILES string of the molecule is Cc1ccc(NC(=O)c2cccc([N+](=O)[O-])c2)cc1S(=O)(=O)NCC1CCCO1. The maximum atomic E-state index is 12.7. The van der Waals surface area contributed by atoms with E-state index in [1.807, 2.05) is 0 Å². The molecule has 3 rings (SSSR count). The fraction of sp³-hybridized carbons (Fsp3) is 0.316. The fourth-order valence-corrected chi connectivity index (χ4v) is 4.35. The van der Waals surface area contributed by atoms with Crippen molar-refractivity contribution < 1.29 is 22.9 Å². The Morgan fingerprint density at radius 3 is 2.76 bits per heavy atom. The summed E-state index contributed by atoms with van der Waals surface area (Å²) in [7, 11) is -3.79. The number of non-ortho nitro benzene ring substituents is 1. The number of benzene rings is 2. The molecule has 1 heterocycles. The first-order valence-electron chi connectivity index (χ1n) is 9.04. The van der Waals surface area contributed by atoms with Crippen LogP contribution in [0.5, 0.6) is 0 Å². The summed E-state index contributed by atoms with van der Waals surface area (Å²) in [6.07, 6.45) is 1.58. The number of amides is 1. The minimum absolute atomic E-state index is 0.0485. The Bertz CT molecular complexity index is 1030. The molecule has 0 saturated carbocycles. The molecule has 1 aliphatic rings. The lowest BCUT2D eigenvalue weighted by atomic mass is 10.1. The highest BCUT2D eigenvalue weighted by atomic mass is 32.2. The topological polar surface area (TPSA) is 128 Å². The Labute approximate surface area is 168 Å². The first kappa shape index (κ1) is 20.9. The zero-order valence-corrected chi connectivity index (χ0v) is 16.6. The number of nitro groups is 1. The standard InChI is InChI=1S/C19H21N3O6S/c1-13-7-8-15(21-19(23)14-4-2-5-16(10-14)22(24)25)11-18(13)29(26,27)20-12-17-6-3-9-28-17/h2,4-5,7-8,10-11,17,20H,3,6,9,12H2,1H3,(H,21,23). The van der Waals surface area contributed by atoms with Gasteiger partial charge in [0.2, 0.25) is 10.0 Å². The van der Waals surface area contributed by atoms with E-state index in [-0.39, 0.29) is 34.5 Å². The van der Waals surface area contributed by atoms with Crippen LogP contribution in [-0.2, 0) is 14.8 Å². The molecule has 1 atom stereocenters. The van der Waals surface area contributed by atoms with E-state index in [9.17, 15) is 23.3 Å². The zero-order chi connectivity index (χ0) is 21.0. The van der Waals surface area contributed by atoms with Crippen LogP contribution < -0.4 is 10.0 Å². The number of aryl methyl sites for hydroxylation is 1. The lowest BCUT2D eigenvalue weighted by Crippen LogP contribution is -2.32. The number of carbonyl (C=O) groups excluding carboxylic acids is 1. The largest absolute Gasteiger partial charge is 0.377 e. The Kier molecular flexibility index (Phi) is 6.26. The van der Waals surface area contributed by atoms with E-state index in [1.54, 1.807) is 19.1 Å². The van der Waals surface area contributed by atoms with Gasteiger partial charge in [-0.3, -0.25) is 14.9 Å². The molecule has 0 radical (unpaired) electrons. The highest BCUT2D eigenvalue weighted by Gasteiger charge is 2.22. The normalized spacial score (nSPS) is 16.5. The van der Waals surface area contributed by atoms with Crippen LogP contribution in [-0.4, -0.2) is 38.5 Å². The molecule has 29 heavy (non-hydrogen) atoms. The number of carbonyl (C=O) groups is 1. The van der Waals surface area contributed by atoms with Gasteiger partial charge in [0.05, 0.1) is 15.9 Å². The van der Waals surface area contributed by atoms with Gasteiger partial charge in [0, 0.05) is 36.5 Å². The summed E-state index contributed by atoms with van der Waals surface area (Å²) < 4.78 is 33.4. The van der Waals surface area contributed by atoms with Crippen molar-refractivity contribution in [2.45, 2.75) is 30.8 Å². The summed E-state index contributed by atoms with van der Waals surface area (Å²) in [4.78, 5) is 22.8. The second-order valence-corrected chi connectivity index (χ2v) is 8.46. The molecule has 1 amide bonds. The van der Waals surface area contributed by atoms with Crippen molar-refractivity contribution in [3.63, 3.8) is 0 Å². The third-order valence-electron chi connectivity index (χ3n) is 4.58. The highest BCUT2D eigenvalue weighted by Crippen LogP contribution is 2.22. The van der Waals surface area contributed by atoms with Gasteiger partial charge in [0.15, 0.2) is 0 Å². The van der Waals surface area contributed by atoms with Crippen molar-refractivity contribution in [1.29, 1.82) is 0 Å². The number of hydrogen-bond donors (Lipinski definition) is 2. The van der Waals surface area contributed by atoms with Gasteiger partial charge in [-0.1, -0.05) is 12.1 Å². The molecule has 0 aliphatic carbocycles. The molecule has 1 saturated heterocycles.